The quantitative estimate of drug-likeness (QED) is 0.527. The molecule has 2 aromatic carbocycles. The van der Waals surface area contributed by atoms with Crippen LogP contribution in [0.15, 0.2) is 71.0 Å². The van der Waals surface area contributed by atoms with E-state index in [0.29, 0.717) is 11.4 Å². The van der Waals surface area contributed by atoms with E-state index >= 15 is 0 Å². The Kier molecular flexibility index (Phi) is 5.43. The number of benzene rings is 2. The van der Waals surface area contributed by atoms with Crippen LogP contribution < -0.4 is 14.6 Å². The van der Waals surface area contributed by atoms with Crippen LogP contribution in [-0.4, -0.2) is 25.9 Å². The van der Waals surface area contributed by atoms with E-state index in [2.05, 4.69) is 11.5 Å². The fraction of sp³-hybridized carbons (Fsp3) is 0.346. The summed E-state index contributed by atoms with van der Waals surface area (Å²) in [6.07, 6.45) is 0.150. The number of nitrogens with zero attached hydrogens (tertiary/aromatic N) is 3. The van der Waals surface area contributed by atoms with Gasteiger partial charge in [0.1, 0.15) is 5.75 Å². The van der Waals surface area contributed by atoms with Crippen molar-refractivity contribution < 1.29 is 17.9 Å². The zero-order valence-corrected chi connectivity index (χ0v) is 18.6. The predicted octanol–water partition coefficient (Wildman–Crippen LogP) is 6.53. The first-order valence-electron chi connectivity index (χ1n) is 11.3. The summed E-state index contributed by atoms with van der Waals surface area (Å²) in [6, 6.07) is 11.9. The number of hydrogen-bond donors (Lipinski definition) is 0. The normalized spacial score (nSPS) is 18.7. The molecule has 2 aliphatic heterocycles. The van der Waals surface area contributed by atoms with E-state index in [0.717, 1.165) is 73.3 Å². The molecule has 1 fully saturated rings. The van der Waals surface area contributed by atoms with Gasteiger partial charge in [0, 0.05) is 24.3 Å². The predicted molar refractivity (Wildman–Crippen MR) is 125 cm³/mol. The van der Waals surface area contributed by atoms with Crippen LogP contribution >= 0.6 is 0 Å². The highest BCUT2D eigenvalue weighted by atomic mass is 19.4. The van der Waals surface area contributed by atoms with Gasteiger partial charge in [-0.05, 0) is 85.7 Å². The highest BCUT2D eigenvalue weighted by Crippen LogP contribution is 2.45. The highest BCUT2D eigenvalue weighted by molar-refractivity contribution is 6.15. The van der Waals surface area contributed by atoms with Crippen LogP contribution in [0.1, 0.15) is 43.2 Å². The number of hydrazone groups is 1. The molecule has 1 saturated heterocycles. The van der Waals surface area contributed by atoms with Gasteiger partial charge in [-0.3, -0.25) is 0 Å². The monoisotopic (exact) mass is 453 g/mol. The molecule has 0 N–H and O–H groups in total. The number of allylic oxidation sites excluding steroid dienone is 2. The van der Waals surface area contributed by atoms with Gasteiger partial charge in [0.15, 0.2) is 0 Å². The van der Waals surface area contributed by atoms with Crippen molar-refractivity contribution in [2.24, 2.45) is 5.10 Å². The minimum absolute atomic E-state index is 0.0290. The number of methoxy groups -OCH3 is 1. The molecule has 0 unspecified atom stereocenters. The summed E-state index contributed by atoms with van der Waals surface area (Å²) in [5, 5.41) is 6.19. The molecule has 0 aromatic heterocycles. The third-order valence-corrected chi connectivity index (χ3v) is 6.66. The first-order valence-corrected chi connectivity index (χ1v) is 11.3. The molecule has 2 heterocycles. The Labute approximate surface area is 191 Å². The Hall–Kier alpha value is -3.22. The molecule has 7 heteroatoms. The average molecular weight is 454 g/mol. The van der Waals surface area contributed by atoms with Gasteiger partial charge in [-0.15, -0.1) is 0 Å². The van der Waals surface area contributed by atoms with Gasteiger partial charge < -0.3 is 9.64 Å². The topological polar surface area (TPSA) is 28.1 Å². The lowest BCUT2D eigenvalue weighted by Crippen LogP contribution is -2.28. The van der Waals surface area contributed by atoms with E-state index in [4.69, 9.17) is 9.84 Å². The second-order valence-corrected chi connectivity index (χ2v) is 8.64. The lowest BCUT2D eigenvalue weighted by Gasteiger charge is -2.32. The van der Waals surface area contributed by atoms with Gasteiger partial charge >= 0.3 is 6.18 Å². The fourth-order valence-corrected chi connectivity index (χ4v) is 4.96. The number of anilines is 2. The summed E-state index contributed by atoms with van der Waals surface area (Å²) in [4.78, 5) is 2.13. The molecule has 0 amide bonds. The molecule has 33 heavy (non-hydrogen) atoms. The number of hydrogen-bond acceptors (Lipinski definition) is 4. The number of alkyl halides is 3. The van der Waals surface area contributed by atoms with Crippen molar-refractivity contribution >= 4 is 17.1 Å². The number of halogens is 3. The summed E-state index contributed by atoms with van der Waals surface area (Å²) in [6.45, 7) is 5.88. The Morgan fingerprint density at radius 1 is 0.939 bits per heavy atom. The van der Waals surface area contributed by atoms with Gasteiger partial charge in [-0.25, -0.2) is 5.01 Å². The molecule has 0 atom stereocenters. The minimum Gasteiger partial charge on any atom is -0.497 e. The van der Waals surface area contributed by atoms with Crippen LogP contribution in [0.25, 0.3) is 0 Å². The van der Waals surface area contributed by atoms with Crippen molar-refractivity contribution in [3.63, 3.8) is 0 Å². The van der Waals surface area contributed by atoms with Crippen molar-refractivity contribution in [3.8, 4) is 5.75 Å². The maximum Gasteiger partial charge on any atom is 0.418 e. The lowest BCUT2D eigenvalue weighted by molar-refractivity contribution is -0.137. The molecule has 3 aliphatic rings. The Morgan fingerprint density at radius 2 is 1.64 bits per heavy atom. The molecular weight excluding hydrogens is 427 g/mol. The standard InChI is InChI=1S/C26H26F3N3O/c1-17-21-6-5-7-22(21)25(18-8-11-20(33-2)12-9-18)30-32(17)24-16-19(31-14-3-4-15-31)10-13-23(24)26(27,28)29/h8-13,16H,1,3-7,14-15H2,2H3. The van der Waals surface area contributed by atoms with Crippen LogP contribution in [0.3, 0.4) is 0 Å². The summed E-state index contributed by atoms with van der Waals surface area (Å²) in [7, 11) is 1.60. The third-order valence-electron chi connectivity index (χ3n) is 6.66. The summed E-state index contributed by atoms with van der Waals surface area (Å²) in [5.41, 5.74) is 4.28. The molecule has 0 saturated carbocycles. The fourth-order valence-electron chi connectivity index (χ4n) is 4.96. The van der Waals surface area contributed by atoms with Gasteiger partial charge in [0.25, 0.3) is 0 Å². The number of rotatable bonds is 4. The largest absolute Gasteiger partial charge is 0.497 e. The zero-order valence-electron chi connectivity index (χ0n) is 18.6. The van der Waals surface area contributed by atoms with Gasteiger partial charge in [-0.2, -0.15) is 18.3 Å². The number of ether oxygens (including phenoxy) is 1. The smallest absolute Gasteiger partial charge is 0.418 e. The summed E-state index contributed by atoms with van der Waals surface area (Å²) >= 11 is 0. The summed E-state index contributed by atoms with van der Waals surface area (Å²) < 4.78 is 47.5. The first kappa shape index (κ1) is 21.6. The molecule has 4 nitrogen and oxygen atoms in total. The zero-order chi connectivity index (χ0) is 23.2. The van der Waals surface area contributed by atoms with E-state index in [9.17, 15) is 13.2 Å². The molecule has 0 bridgehead atoms. The molecule has 2 aromatic rings. The molecule has 5 rings (SSSR count). The van der Waals surface area contributed by atoms with E-state index in [1.165, 1.54) is 11.1 Å². The second kappa shape index (κ2) is 8.28. The van der Waals surface area contributed by atoms with Crippen LogP contribution in [0.4, 0.5) is 24.5 Å². The maximum atomic E-state index is 14.1. The maximum absolute atomic E-state index is 14.1. The molecule has 0 spiro atoms. The van der Waals surface area contributed by atoms with Crippen molar-refractivity contribution in [2.75, 3.05) is 30.1 Å². The second-order valence-electron chi connectivity index (χ2n) is 8.64. The van der Waals surface area contributed by atoms with E-state index < -0.39 is 11.7 Å². The lowest BCUT2D eigenvalue weighted by atomic mass is 9.96. The van der Waals surface area contributed by atoms with Crippen molar-refractivity contribution in [2.45, 2.75) is 38.3 Å². The average Bonchev–Trinajstić information content (AvgIpc) is 3.51. The Balaban J connectivity index is 1.64. The van der Waals surface area contributed by atoms with Gasteiger partial charge in [-0.1, -0.05) is 6.58 Å². The minimum atomic E-state index is -4.50. The van der Waals surface area contributed by atoms with Crippen LogP contribution in [0.5, 0.6) is 5.75 Å². The van der Waals surface area contributed by atoms with E-state index in [1.54, 1.807) is 19.2 Å². The van der Waals surface area contributed by atoms with Crippen molar-refractivity contribution in [1.82, 2.24) is 0 Å². The van der Waals surface area contributed by atoms with Crippen LogP contribution in [-0.2, 0) is 6.18 Å². The third kappa shape index (κ3) is 3.90. The van der Waals surface area contributed by atoms with Crippen molar-refractivity contribution in [3.05, 3.63) is 77.0 Å². The Morgan fingerprint density at radius 3 is 2.30 bits per heavy atom. The van der Waals surface area contributed by atoms with Crippen LogP contribution in [0, 0.1) is 0 Å². The molecule has 1 aliphatic carbocycles. The molecular formula is C26H26F3N3O. The molecule has 172 valence electrons. The SMILES string of the molecule is C=C1C2=C(CCC2)C(c2ccc(OC)cc2)=NN1c1cc(N2CCCC2)ccc1C(F)(F)F. The summed E-state index contributed by atoms with van der Waals surface area (Å²) in [5.74, 6) is 0.717. The van der Waals surface area contributed by atoms with Crippen molar-refractivity contribution in [1.29, 1.82) is 0 Å². The molecule has 0 radical (unpaired) electrons. The van der Waals surface area contributed by atoms with E-state index in [1.807, 2.05) is 24.3 Å². The highest BCUT2D eigenvalue weighted by Gasteiger charge is 2.38. The van der Waals surface area contributed by atoms with Crippen LogP contribution in [0.2, 0.25) is 0 Å². The van der Waals surface area contributed by atoms with Gasteiger partial charge in [0.05, 0.1) is 29.8 Å². The van der Waals surface area contributed by atoms with Gasteiger partial charge in [0.2, 0.25) is 0 Å². The first-order chi connectivity index (χ1) is 15.9. The Bertz CT molecular complexity index is 1140. The van der Waals surface area contributed by atoms with E-state index in [-0.39, 0.29) is 5.69 Å².